The van der Waals surface area contributed by atoms with Crippen molar-refractivity contribution in [3.05, 3.63) is 35.4 Å². The Balaban J connectivity index is 1.93. The highest BCUT2D eigenvalue weighted by molar-refractivity contribution is 6.09. The number of amides is 4. The number of urea groups is 1. The lowest BCUT2D eigenvalue weighted by molar-refractivity contribution is -0.134. The molecule has 1 heterocycles. The van der Waals surface area contributed by atoms with Crippen LogP contribution in [0.3, 0.4) is 0 Å². The standard InChI is InChI=1S/C19H25F2N3O4/c1-12(2)6-8-28-9-7-22-16(25)11-24-17(26)19(3,23-18(24)27)14-10-13(20)4-5-15(14)21/h4-5,10,12H,6-9,11H2,1-3H3,(H,22,25)(H,23,27). The van der Waals surface area contributed by atoms with Gasteiger partial charge in [0.05, 0.1) is 6.61 Å². The van der Waals surface area contributed by atoms with Crippen LogP contribution in [0.5, 0.6) is 0 Å². The van der Waals surface area contributed by atoms with E-state index in [-0.39, 0.29) is 12.1 Å². The van der Waals surface area contributed by atoms with E-state index in [9.17, 15) is 23.2 Å². The minimum atomic E-state index is -1.79. The van der Waals surface area contributed by atoms with Crippen LogP contribution in [0.15, 0.2) is 18.2 Å². The van der Waals surface area contributed by atoms with Gasteiger partial charge in [0.1, 0.15) is 23.7 Å². The number of rotatable bonds is 9. The molecule has 1 saturated heterocycles. The van der Waals surface area contributed by atoms with Crippen molar-refractivity contribution in [1.82, 2.24) is 15.5 Å². The average Bonchev–Trinajstić information content (AvgIpc) is 2.83. The summed E-state index contributed by atoms with van der Waals surface area (Å²) < 4.78 is 33.0. The number of benzene rings is 1. The second kappa shape index (κ2) is 9.09. The largest absolute Gasteiger partial charge is 0.380 e. The van der Waals surface area contributed by atoms with Crippen molar-refractivity contribution >= 4 is 17.8 Å². The van der Waals surface area contributed by atoms with Gasteiger partial charge in [0.25, 0.3) is 5.91 Å². The maximum atomic E-state index is 14.1. The zero-order valence-corrected chi connectivity index (χ0v) is 16.2. The van der Waals surface area contributed by atoms with E-state index < -0.39 is 41.6 Å². The molecule has 1 aliphatic rings. The Hall–Kier alpha value is -2.55. The first kappa shape index (κ1) is 21.7. The number of imide groups is 1. The van der Waals surface area contributed by atoms with Crippen LogP contribution in [0.1, 0.15) is 32.8 Å². The normalized spacial score (nSPS) is 19.3. The molecular weight excluding hydrogens is 372 g/mol. The van der Waals surface area contributed by atoms with E-state index in [1.165, 1.54) is 6.92 Å². The van der Waals surface area contributed by atoms with Crippen LogP contribution in [-0.4, -0.2) is 49.0 Å². The number of carbonyl (C=O) groups excluding carboxylic acids is 3. The molecule has 28 heavy (non-hydrogen) atoms. The quantitative estimate of drug-likeness (QED) is 0.492. The molecule has 1 aromatic carbocycles. The lowest BCUT2D eigenvalue weighted by Gasteiger charge is -2.22. The van der Waals surface area contributed by atoms with E-state index in [2.05, 4.69) is 24.5 Å². The summed E-state index contributed by atoms with van der Waals surface area (Å²) in [6.07, 6.45) is 0.908. The fraction of sp³-hybridized carbons (Fsp3) is 0.526. The van der Waals surface area contributed by atoms with Crippen LogP contribution >= 0.6 is 0 Å². The first-order valence-electron chi connectivity index (χ1n) is 9.09. The molecule has 1 unspecified atom stereocenters. The first-order valence-corrected chi connectivity index (χ1v) is 9.09. The van der Waals surface area contributed by atoms with Crippen molar-refractivity contribution in [1.29, 1.82) is 0 Å². The van der Waals surface area contributed by atoms with Crippen LogP contribution in [0.2, 0.25) is 0 Å². The first-order chi connectivity index (χ1) is 13.1. The van der Waals surface area contributed by atoms with E-state index in [1.807, 2.05) is 0 Å². The van der Waals surface area contributed by atoms with Gasteiger partial charge in [-0.25, -0.2) is 13.6 Å². The number of hydrogen-bond acceptors (Lipinski definition) is 4. The van der Waals surface area contributed by atoms with Gasteiger partial charge in [-0.15, -0.1) is 0 Å². The van der Waals surface area contributed by atoms with Gasteiger partial charge in [0.2, 0.25) is 5.91 Å². The minimum Gasteiger partial charge on any atom is -0.380 e. The predicted molar refractivity (Wildman–Crippen MR) is 97.2 cm³/mol. The summed E-state index contributed by atoms with van der Waals surface area (Å²) in [5.74, 6) is -2.44. The van der Waals surface area contributed by atoms with Gasteiger partial charge in [0.15, 0.2) is 0 Å². The summed E-state index contributed by atoms with van der Waals surface area (Å²) in [6.45, 7) is 6.02. The Morgan fingerprint density at radius 2 is 2.00 bits per heavy atom. The summed E-state index contributed by atoms with van der Waals surface area (Å²) in [6, 6.07) is 1.80. The number of ether oxygens (including phenoxy) is 1. The van der Waals surface area contributed by atoms with Gasteiger partial charge in [-0.1, -0.05) is 13.8 Å². The van der Waals surface area contributed by atoms with E-state index in [0.29, 0.717) is 24.0 Å². The summed E-state index contributed by atoms with van der Waals surface area (Å²) in [7, 11) is 0. The van der Waals surface area contributed by atoms with Crippen molar-refractivity contribution in [2.45, 2.75) is 32.7 Å². The molecule has 7 nitrogen and oxygen atoms in total. The molecular formula is C19H25F2N3O4. The van der Waals surface area contributed by atoms with Gasteiger partial charge in [-0.05, 0) is 37.5 Å². The summed E-state index contributed by atoms with van der Waals surface area (Å²) in [5.41, 5.74) is -2.09. The molecule has 2 N–H and O–H groups in total. The molecule has 2 rings (SSSR count). The highest BCUT2D eigenvalue weighted by atomic mass is 19.1. The third-order valence-electron chi connectivity index (χ3n) is 4.45. The van der Waals surface area contributed by atoms with Crippen molar-refractivity contribution in [2.75, 3.05) is 26.3 Å². The monoisotopic (exact) mass is 397 g/mol. The Bertz CT molecular complexity index is 757. The molecule has 1 fully saturated rings. The third-order valence-corrected chi connectivity index (χ3v) is 4.45. The molecule has 1 aliphatic heterocycles. The summed E-state index contributed by atoms with van der Waals surface area (Å²) in [4.78, 5) is 37.5. The highest BCUT2D eigenvalue weighted by Crippen LogP contribution is 2.31. The second-order valence-corrected chi connectivity index (χ2v) is 7.22. The number of hydrogen-bond donors (Lipinski definition) is 2. The Morgan fingerprint density at radius 1 is 1.29 bits per heavy atom. The Morgan fingerprint density at radius 3 is 2.68 bits per heavy atom. The summed E-state index contributed by atoms with van der Waals surface area (Å²) >= 11 is 0. The number of nitrogens with one attached hydrogen (secondary N) is 2. The number of halogens is 2. The predicted octanol–water partition coefficient (Wildman–Crippen LogP) is 1.91. The Labute approximate surface area is 162 Å². The lowest BCUT2D eigenvalue weighted by Crippen LogP contribution is -2.44. The van der Waals surface area contributed by atoms with Crippen molar-refractivity contribution in [3.8, 4) is 0 Å². The molecule has 154 valence electrons. The molecule has 0 aromatic heterocycles. The fourth-order valence-corrected chi connectivity index (χ4v) is 2.79. The molecule has 0 aliphatic carbocycles. The van der Waals surface area contributed by atoms with Gasteiger partial charge in [-0.2, -0.15) is 0 Å². The summed E-state index contributed by atoms with van der Waals surface area (Å²) in [5, 5.41) is 4.89. The van der Waals surface area contributed by atoms with Crippen LogP contribution in [0.25, 0.3) is 0 Å². The number of nitrogens with zero attached hydrogens (tertiary/aromatic N) is 1. The van der Waals surface area contributed by atoms with Gasteiger partial charge >= 0.3 is 6.03 Å². The van der Waals surface area contributed by atoms with Crippen LogP contribution < -0.4 is 10.6 Å². The fourth-order valence-electron chi connectivity index (χ4n) is 2.79. The smallest absolute Gasteiger partial charge is 0.325 e. The molecule has 0 saturated carbocycles. The van der Waals surface area contributed by atoms with Crippen molar-refractivity contribution in [2.24, 2.45) is 5.92 Å². The van der Waals surface area contributed by atoms with E-state index in [4.69, 9.17) is 4.74 Å². The molecule has 0 bridgehead atoms. The topological polar surface area (TPSA) is 87.7 Å². The second-order valence-electron chi connectivity index (χ2n) is 7.22. The molecule has 0 radical (unpaired) electrons. The zero-order chi connectivity index (χ0) is 20.9. The minimum absolute atomic E-state index is 0.233. The van der Waals surface area contributed by atoms with Crippen LogP contribution in [0.4, 0.5) is 13.6 Å². The van der Waals surface area contributed by atoms with Crippen LogP contribution in [0, 0.1) is 17.6 Å². The van der Waals surface area contributed by atoms with Gasteiger partial charge < -0.3 is 15.4 Å². The molecule has 0 spiro atoms. The van der Waals surface area contributed by atoms with Crippen molar-refractivity contribution < 1.29 is 27.9 Å². The molecule has 9 heteroatoms. The highest BCUT2D eigenvalue weighted by Gasteiger charge is 2.50. The van der Waals surface area contributed by atoms with Gasteiger partial charge in [0, 0.05) is 18.7 Å². The third kappa shape index (κ3) is 5.03. The molecule has 1 atom stereocenters. The lowest BCUT2D eigenvalue weighted by atomic mass is 9.91. The zero-order valence-electron chi connectivity index (χ0n) is 16.2. The number of carbonyl (C=O) groups is 3. The van der Waals surface area contributed by atoms with Crippen molar-refractivity contribution in [3.63, 3.8) is 0 Å². The molecule has 1 aromatic rings. The van der Waals surface area contributed by atoms with E-state index in [1.54, 1.807) is 0 Å². The van der Waals surface area contributed by atoms with E-state index >= 15 is 0 Å². The Kier molecular flexibility index (Phi) is 7.06. The maximum Gasteiger partial charge on any atom is 0.325 e. The average molecular weight is 397 g/mol. The van der Waals surface area contributed by atoms with Crippen LogP contribution in [-0.2, 0) is 19.9 Å². The molecule has 4 amide bonds. The SMILES string of the molecule is CC(C)CCOCCNC(=O)CN1C(=O)NC(C)(c2cc(F)ccc2F)C1=O. The van der Waals surface area contributed by atoms with E-state index in [0.717, 1.165) is 24.6 Å². The maximum absolute atomic E-state index is 14.1. The van der Waals surface area contributed by atoms with Gasteiger partial charge in [-0.3, -0.25) is 14.5 Å².